The molecule has 7 heteroatoms. The summed E-state index contributed by atoms with van der Waals surface area (Å²) in [5.41, 5.74) is 1.50. The van der Waals surface area contributed by atoms with Gasteiger partial charge in [0.05, 0.1) is 24.3 Å². The van der Waals surface area contributed by atoms with Crippen LogP contribution in [0.25, 0.3) is 0 Å². The van der Waals surface area contributed by atoms with Crippen LogP contribution < -0.4 is 20.3 Å². The van der Waals surface area contributed by atoms with Crippen molar-refractivity contribution in [3.63, 3.8) is 0 Å². The van der Waals surface area contributed by atoms with Crippen molar-refractivity contribution in [1.29, 1.82) is 0 Å². The highest BCUT2D eigenvalue weighted by molar-refractivity contribution is 6.07. The summed E-state index contributed by atoms with van der Waals surface area (Å²) in [4.78, 5) is 38.6. The topological polar surface area (TPSA) is 87.7 Å². The molecule has 1 heterocycles. The molecular formula is C20H21N3O4. The molecule has 0 saturated carbocycles. The fourth-order valence-corrected chi connectivity index (χ4v) is 3.07. The molecule has 1 aliphatic rings. The van der Waals surface area contributed by atoms with Gasteiger partial charge in [-0.05, 0) is 24.3 Å². The summed E-state index contributed by atoms with van der Waals surface area (Å²) in [6, 6.07) is 13.9. The number of para-hydroxylation sites is 1. The van der Waals surface area contributed by atoms with E-state index in [0.29, 0.717) is 22.7 Å². The third-order valence-electron chi connectivity index (χ3n) is 4.52. The maximum Gasteiger partial charge on any atom is 0.253 e. The van der Waals surface area contributed by atoms with Crippen molar-refractivity contribution >= 4 is 29.1 Å². The highest BCUT2D eigenvalue weighted by Crippen LogP contribution is 2.28. The fourth-order valence-electron chi connectivity index (χ4n) is 3.07. The van der Waals surface area contributed by atoms with Gasteiger partial charge >= 0.3 is 0 Å². The van der Waals surface area contributed by atoms with E-state index in [1.807, 2.05) is 6.07 Å². The number of hydrogen-bond donors (Lipinski definition) is 2. The van der Waals surface area contributed by atoms with Gasteiger partial charge in [-0.3, -0.25) is 14.4 Å². The lowest BCUT2D eigenvalue weighted by atomic mass is 10.1. The third-order valence-corrected chi connectivity index (χ3v) is 4.52. The molecule has 1 atom stereocenters. The van der Waals surface area contributed by atoms with Crippen LogP contribution in [0.2, 0.25) is 0 Å². The van der Waals surface area contributed by atoms with Crippen LogP contribution >= 0.6 is 0 Å². The number of methoxy groups -OCH3 is 1. The molecule has 7 nitrogen and oxygen atoms in total. The van der Waals surface area contributed by atoms with E-state index in [2.05, 4.69) is 10.6 Å². The number of ether oxygens (including phenoxy) is 1. The Bertz CT molecular complexity index is 881. The van der Waals surface area contributed by atoms with Crippen LogP contribution in [0.4, 0.5) is 11.4 Å². The largest absolute Gasteiger partial charge is 0.497 e. The summed E-state index contributed by atoms with van der Waals surface area (Å²) in [5.74, 6) is -0.548. The molecule has 0 radical (unpaired) electrons. The van der Waals surface area contributed by atoms with Crippen molar-refractivity contribution in [3.05, 3.63) is 54.1 Å². The molecule has 0 aliphatic carbocycles. The van der Waals surface area contributed by atoms with Gasteiger partial charge in [0.15, 0.2) is 0 Å². The van der Waals surface area contributed by atoms with Crippen LogP contribution in [-0.4, -0.2) is 38.4 Å². The molecule has 0 spiro atoms. The summed E-state index contributed by atoms with van der Waals surface area (Å²) >= 11 is 0. The number of hydrogen-bond acceptors (Lipinski definition) is 4. The molecule has 0 aromatic heterocycles. The van der Waals surface area contributed by atoms with E-state index in [4.69, 9.17) is 4.74 Å². The Hall–Kier alpha value is -3.35. The van der Waals surface area contributed by atoms with Gasteiger partial charge in [-0.2, -0.15) is 0 Å². The van der Waals surface area contributed by atoms with E-state index < -0.39 is 5.92 Å². The second-order valence-electron chi connectivity index (χ2n) is 6.22. The van der Waals surface area contributed by atoms with Gasteiger partial charge in [-0.25, -0.2) is 0 Å². The maximum absolute atomic E-state index is 12.7. The van der Waals surface area contributed by atoms with E-state index in [1.165, 1.54) is 7.05 Å². The molecule has 0 bridgehead atoms. The minimum atomic E-state index is -0.499. The Labute approximate surface area is 157 Å². The summed E-state index contributed by atoms with van der Waals surface area (Å²) in [5, 5.41) is 5.33. The highest BCUT2D eigenvalue weighted by Gasteiger charge is 2.35. The van der Waals surface area contributed by atoms with Gasteiger partial charge in [-0.1, -0.05) is 18.2 Å². The first-order valence-corrected chi connectivity index (χ1v) is 8.60. The molecule has 3 amide bonds. The maximum atomic E-state index is 12.7. The van der Waals surface area contributed by atoms with Crippen LogP contribution in [0.5, 0.6) is 5.75 Å². The first-order chi connectivity index (χ1) is 13.0. The first-order valence-electron chi connectivity index (χ1n) is 8.60. The van der Waals surface area contributed by atoms with Gasteiger partial charge in [-0.15, -0.1) is 0 Å². The number of rotatable bonds is 5. The Morgan fingerprint density at radius 3 is 2.67 bits per heavy atom. The summed E-state index contributed by atoms with van der Waals surface area (Å²) in [6.07, 6.45) is 0.116. The number of amides is 3. The number of carbonyl (C=O) groups excluding carboxylic acids is 3. The standard InChI is InChI=1S/C20H21N3O4/c1-21-20(26)16-8-3-4-9-17(16)22-19(25)13-10-18(24)23(12-13)14-6-5-7-15(11-14)27-2/h3-9,11,13H,10,12H2,1-2H3,(H,21,26)(H,22,25). The second-order valence-corrected chi connectivity index (χ2v) is 6.22. The second kappa shape index (κ2) is 7.90. The summed E-state index contributed by atoms with van der Waals surface area (Å²) < 4.78 is 5.19. The summed E-state index contributed by atoms with van der Waals surface area (Å²) in [7, 11) is 3.09. The molecule has 140 valence electrons. The molecule has 2 aromatic rings. The van der Waals surface area contributed by atoms with E-state index >= 15 is 0 Å². The smallest absolute Gasteiger partial charge is 0.253 e. The molecule has 1 saturated heterocycles. The van der Waals surface area contributed by atoms with Crippen molar-refractivity contribution in [2.45, 2.75) is 6.42 Å². The SMILES string of the molecule is CNC(=O)c1ccccc1NC(=O)C1CC(=O)N(c2cccc(OC)c2)C1. The van der Waals surface area contributed by atoms with E-state index in [0.717, 1.165) is 0 Å². The van der Waals surface area contributed by atoms with Crippen LogP contribution in [0.15, 0.2) is 48.5 Å². The van der Waals surface area contributed by atoms with E-state index in [-0.39, 0.29) is 30.7 Å². The molecule has 1 aliphatic heterocycles. The van der Waals surface area contributed by atoms with Crippen molar-refractivity contribution in [1.82, 2.24) is 5.32 Å². The average Bonchev–Trinajstić information content (AvgIpc) is 3.09. The number of benzene rings is 2. The van der Waals surface area contributed by atoms with Crippen LogP contribution in [0.1, 0.15) is 16.8 Å². The highest BCUT2D eigenvalue weighted by atomic mass is 16.5. The van der Waals surface area contributed by atoms with Crippen molar-refractivity contribution < 1.29 is 19.1 Å². The Balaban J connectivity index is 1.74. The van der Waals surface area contributed by atoms with Crippen molar-refractivity contribution in [3.8, 4) is 5.75 Å². The first kappa shape index (κ1) is 18.4. The number of anilines is 2. The fraction of sp³-hybridized carbons (Fsp3) is 0.250. The third kappa shape index (κ3) is 3.92. The van der Waals surface area contributed by atoms with Crippen LogP contribution in [0, 0.1) is 5.92 Å². The molecule has 1 unspecified atom stereocenters. The monoisotopic (exact) mass is 367 g/mol. The van der Waals surface area contributed by atoms with Gasteiger partial charge in [0.1, 0.15) is 5.75 Å². The molecule has 2 N–H and O–H groups in total. The van der Waals surface area contributed by atoms with Crippen LogP contribution in [-0.2, 0) is 9.59 Å². The van der Waals surface area contributed by atoms with E-state index in [1.54, 1.807) is 54.5 Å². The lowest BCUT2D eigenvalue weighted by Crippen LogP contribution is -2.29. The van der Waals surface area contributed by atoms with E-state index in [9.17, 15) is 14.4 Å². The van der Waals surface area contributed by atoms with Crippen molar-refractivity contribution in [2.24, 2.45) is 5.92 Å². The number of nitrogens with one attached hydrogen (secondary N) is 2. The minimum Gasteiger partial charge on any atom is -0.497 e. The molecule has 1 fully saturated rings. The van der Waals surface area contributed by atoms with Gasteiger partial charge in [0.25, 0.3) is 5.91 Å². The van der Waals surface area contributed by atoms with Crippen molar-refractivity contribution in [2.75, 3.05) is 30.9 Å². The number of carbonyl (C=O) groups is 3. The summed E-state index contributed by atoms with van der Waals surface area (Å²) in [6.45, 7) is 0.278. The zero-order chi connectivity index (χ0) is 19.4. The molecular weight excluding hydrogens is 346 g/mol. The van der Waals surface area contributed by atoms with Gasteiger partial charge in [0.2, 0.25) is 11.8 Å². The molecule has 3 rings (SSSR count). The Morgan fingerprint density at radius 1 is 1.15 bits per heavy atom. The predicted octanol–water partition coefficient (Wildman–Crippen LogP) is 2.05. The normalized spacial score (nSPS) is 16.1. The van der Waals surface area contributed by atoms with Gasteiger partial charge in [0, 0.05) is 31.8 Å². The quantitative estimate of drug-likeness (QED) is 0.847. The Kier molecular flexibility index (Phi) is 5.40. The van der Waals surface area contributed by atoms with Crippen LogP contribution in [0.3, 0.4) is 0 Å². The lowest BCUT2D eigenvalue weighted by Gasteiger charge is -2.17. The predicted molar refractivity (Wildman–Crippen MR) is 102 cm³/mol. The average molecular weight is 367 g/mol. The lowest BCUT2D eigenvalue weighted by molar-refractivity contribution is -0.122. The molecule has 2 aromatic carbocycles. The Morgan fingerprint density at radius 2 is 1.93 bits per heavy atom. The number of nitrogens with zero attached hydrogens (tertiary/aromatic N) is 1. The van der Waals surface area contributed by atoms with Gasteiger partial charge < -0.3 is 20.3 Å². The zero-order valence-corrected chi connectivity index (χ0v) is 15.2. The molecule has 27 heavy (non-hydrogen) atoms. The minimum absolute atomic E-state index is 0.116. The zero-order valence-electron chi connectivity index (χ0n) is 15.2.